The second kappa shape index (κ2) is 5.46. The molecule has 0 aromatic heterocycles. The van der Waals surface area contributed by atoms with E-state index in [2.05, 4.69) is 0 Å². The van der Waals surface area contributed by atoms with Gasteiger partial charge in [0.2, 0.25) is 0 Å². The Balaban J connectivity index is 2.79. The third-order valence-electron chi connectivity index (χ3n) is 2.06. The van der Waals surface area contributed by atoms with Crippen LogP contribution in [0.5, 0.6) is 5.75 Å². The van der Waals surface area contributed by atoms with Crippen LogP contribution >= 0.6 is 0 Å². The Morgan fingerprint density at radius 1 is 1.50 bits per heavy atom. The van der Waals surface area contributed by atoms with Crippen LogP contribution in [-0.2, 0) is 4.74 Å². The van der Waals surface area contributed by atoms with Crippen molar-refractivity contribution < 1.29 is 14.4 Å². The van der Waals surface area contributed by atoms with Crippen LogP contribution in [0, 0.1) is 17.0 Å². The highest BCUT2D eigenvalue weighted by Crippen LogP contribution is 2.24. The number of nitrogens with zero attached hydrogens (tertiary/aromatic N) is 1. The van der Waals surface area contributed by atoms with Gasteiger partial charge in [0, 0.05) is 18.7 Å². The van der Waals surface area contributed by atoms with Gasteiger partial charge in [0.1, 0.15) is 5.75 Å². The summed E-state index contributed by atoms with van der Waals surface area (Å²) >= 11 is 0. The molecule has 0 spiro atoms. The van der Waals surface area contributed by atoms with E-state index in [1.165, 1.54) is 12.1 Å². The first-order valence-corrected chi connectivity index (χ1v) is 5.08. The second-order valence-corrected chi connectivity index (χ2v) is 3.35. The molecule has 0 aliphatic carbocycles. The first-order valence-electron chi connectivity index (χ1n) is 5.08. The van der Waals surface area contributed by atoms with Crippen molar-refractivity contribution in [1.29, 1.82) is 0 Å². The van der Waals surface area contributed by atoms with Crippen molar-refractivity contribution in [2.24, 2.45) is 0 Å². The second-order valence-electron chi connectivity index (χ2n) is 3.35. The summed E-state index contributed by atoms with van der Waals surface area (Å²) in [6.45, 7) is 5.99. The van der Waals surface area contributed by atoms with Crippen LogP contribution in [0.4, 0.5) is 5.69 Å². The average Bonchev–Trinajstić information content (AvgIpc) is 2.21. The van der Waals surface area contributed by atoms with Gasteiger partial charge in [0.15, 0.2) is 6.29 Å². The molecule has 0 aliphatic heterocycles. The van der Waals surface area contributed by atoms with E-state index in [0.29, 0.717) is 12.4 Å². The standard InChI is InChI=1S/C11H15NO4/c1-4-15-9(3)16-11-6-5-10(12(13)14)7-8(11)2/h5-7,9H,4H2,1-3H3. The highest BCUT2D eigenvalue weighted by molar-refractivity contribution is 5.42. The molecule has 0 radical (unpaired) electrons. The number of hydrogen-bond donors (Lipinski definition) is 0. The highest BCUT2D eigenvalue weighted by atomic mass is 16.7. The molecule has 0 amide bonds. The van der Waals surface area contributed by atoms with Gasteiger partial charge in [-0.25, -0.2) is 0 Å². The van der Waals surface area contributed by atoms with E-state index in [1.54, 1.807) is 19.9 Å². The molecule has 0 aliphatic rings. The molecular formula is C11H15NO4. The van der Waals surface area contributed by atoms with Gasteiger partial charge in [-0.3, -0.25) is 10.1 Å². The fraction of sp³-hybridized carbons (Fsp3) is 0.455. The minimum atomic E-state index is -0.428. The highest BCUT2D eigenvalue weighted by Gasteiger charge is 2.10. The Hall–Kier alpha value is -1.62. The monoisotopic (exact) mass is 225 g/mol. The number of non-ortho nitro benzene ring substituents is 1. The van der Waals surface area contributed by atoms with Crippen molar-refractivity contribution in [3.63, 3.8) is 0 Å². The molecule has 1 aromatic carbocycles. The van der Waals surface area contributed by atoms with E-state index in [-0.39, 0.29) is 12.0 Å². The summed E-state index contributed by atoms with van der Waals surface area (Å²) in [6, 6.07) is 4.48. The van der Waals surface area contributed by atoms with Gasteiger partial charge in [-0.2, -0.15) is 0 Å². The number of nitro groups is 1. The molecule has 1 atom stereocenters. The van der Waals surface area contributed by atoms with Crippen molar-refractivity contribution in [2.45, 2.75) is 27.1 Å². The molecule has 5 nitrogen and oxygen atoms in total. The molecule has 0 bridgehead atoms. The van der Waals surface area contributed by atoms with E-state index in [0.717, 1.165) is 5.56 Å². The maximum absolute atomic E-state index is 10.5. The van der Waals surface area contributed by atoms with Gasteiger partial charge in [-0.1, -0.05) is 0 Å². The minimum Gasteiger partial charge on any atom is -0.465 e. The molecule has 0 saturated heterocycles. The van der Waals surface area contributed by atoms with Crippen LogP contribution < -0.4 is 4.74 Å². The molecule has 1 aromatic rings. The van der Waals surface area contributed by atoms with E-state index in [4.69, 9.17) is 9.47 Å². The van der Waals surface area contributed by atoms with Gasteiger partial charge in [0.05, 0.1) is 4.92 Å². The third kappa shape index (κ3) is 3.20. The number of hydrogen-bond acceptors (Lipinski definition) is 4. The Bertz CT molecular complexity index is 378. The smallest absolute Gasteiger partial charge is 0.269 e. The van der Waals surface area contributed by atoms with Crippen LogP contribution in [0.25, 0.3) is 0 Å². The van der Waals surface area contributed by atoms with Gasteiger partial charge < -0.3 is 9.47 Å². The maximum atomic E-state index is 10.5. The molecule has 1 unspecified atom stereocenters. The van der Waals surface area contributed by atoms with Crippen molar-refractivity contribution >= 4 is 5.69 Å². The number of benzene rings is 1. The molecular weight excluding hydrogens is 210 g/mol. The molecule has 0 N–H and O–H groups in total. The molecule has 0 fully saturated rings. The lowest BCUT2D eigenvalue weighted by Crippen LogP contribution is -2.16. The van der Waals surface area contributed by atoms with Gasteiger partial charge in [-0.15, -0.1) is 0 Å². The Morgan fingerprint density at radius 2 is 2.19 bits per heavy atom. The van der Waals surface area contributed by atoms with E-state index >= 15 is 0 Å². The zero-order chi connectivity index (χ0) is 12.1. The molecule has 5 heteroatoms. The third-order valence-corrected chi connectivity index (χ3v) is 2.06. The zero-order valence-electron chi connectivity index (χ0n) is 9.60. The fourth-order valence-electron chi connectivity index (χ4n) is 1.33. The van der Waals surface area contributed by atoms with Crippen LogP contribution in [0.1, 0.15) is 19.4 Å². The van der Waals surface area contributed by atoms with Gasteiger partial charge in [-0.05, 0) is 32.4 Å². The summed E-state index contributed by atoms with van der Waals surface area (Å²) < 4.78 is 10.7. The predicted molar refractivity (Wildman–Crippen MR) is 59.5 cm³/mol. The van der Waals surface area contributed by atoms with E-state index < -0.39 is 4.92 Å². The first kappa shape index (κ1) is 12.4. The van der Waals surface area contributed by atoms with Crippen LogP contribution in [0.2, 0.25) is 0 Å². The lowest BCUT2D eigenvalue weighted by Gasteiger charge is -2.15. The summed E-state index contributed by atoms with van der Waals surface area (Å²) in [4.78, 5) is 10.1. The molecule has 1 rings (SSSR count). The summed E-state index contributed by atoms with van der Waals surface area (Å²) in [5.74, 6) is 0.603. The summed E-state index contributed by atoms with van der Waals surface area (Å²) in [5, 5.41) is 10.5. The Morgan fingerprint density at radius 3 is 2.69 bits per heavy atom. The van der Waals surface area contributed by atoms with Crippen molar-refractivity contribution in [3.8, 4) is 5.75 Å². The van der Waals surface area contributed by atoms with Gasteiger partial charge in [0.25, 0.3) is 5.69 Å². The minimum absolute atomic E-state index is 0.0638. The van der Waals surface area contributed by atoms with E-state index in [1.807, 2.05) is 6.92 Å². The Kier molecular flexibility index (Phi) is 4.25. The Labute approximate surface area is 94.1 Å². The largest absolute Gasteiger partial charge is 0.465 e. The van der Waals surface area contributed by atoms with Crippen LogP contribution in [0.3, 0.4) is 0 Å². The van der Waals surface area contributed by atoms with Crippen LogP contribution in [0.15, 0.2) is 18.2 Å². The summed E-state index contributed by atoms with van der Waals surface area (Å²) in [7, 11) is 0. The normalized spacial score (nSPS) is 12.2. The summed E-state index contributed by atoms with van der Waals surface area (Å²) in [5.41, 5.74) is 0.787. The lowest BCUT2D eigenvalue weighted by atomic mass is 10.2. The molecule has 0 saturated carbocycles. The predicted octanol–water partition coefficient (Wildman–Crippen LogP) is 2.66. The SMILES string of the molecule is CCOC(C)Oc1ccc([N+](=O)[O-])cc1C. The number of ether oxygens (including phenoxy) is 2. The van der Waals surface area contributed by atoms with E-state index in [9.17, 15) is 10.1 Å². The summed E-state index contributed by atoms with van der Waals surface area (Å²) in [6.07, 6.45) is -0.356. The quantitative estimate of drug-likeness (QED) is 0.439. The van der Waals surface area contributed by atoms with Crippen molar-refractivity contribution in [3.05, 3.63) is 33.9 Å². The fourth-order valence-corrected chi connectivity index (χ4v) is 1.33. The van der Waals surface area contributed by atoms with Gasteiger partial charge >= 0.3 is 0 Å². The molecule has 16 heavy (non-hydrogen) atoms. The molecule has 0 heterocycles. The number of aryl methyl sites for hydroxylation is 1. The first-order chi connectivity index (χ1) is 7.54. The van der Waals surface area contributed by atoms with Crippen molar-refractivity contribution in [2.75, 3.05) is 6.61 Å². The topological polar surface area (TPSA) is 61.6 Å². The van der Waals surface area contributed by atoms with Crippen LogP contribution in [-0.4, -0.2) is 17.8 Å². The maximum Gasteiger partial charge on any atom is 0.269 e. The van der Waals surface area contributed by atoms with Crippen molar-refractivity contribution in [1.82, 2.24) is 0 Å². The average molecular weight is 225 g/mol. The zero-order valence-corrected chi connectivity index (χ0v) is 9.60. The lowest BCUT2D eigenvalue weighted by molar-refractivity contribution is -0.384. The number of nitro benzene ring substituents is 1. The number of rotatable bonds is 5. The molecule has 88 valence electrons.